The quantitative estimate of drug-likeness (QED) is 0.712. The van der Waals surface area contributed by atoms with Crippen molar-refractivity contribution in [3.05, 3.63) is 0 Å². The van der Waals surface area contributed by atoms with E-state index in [0.717, 1.165) is 12.8 Å². The number of hydrogen-bond acceptors (Lipinski definition) is 3. The Hall–Kier alpha value is -1.59. The van der Waals surface area contributed by atoms with Crippen LogP contribution in [0.3, 0.4) is 0 Å². The van der Waals surface area contributed by atoms with Crippen molar-refractivity contribution < 1.29 is 19.5 Å². The van der Waals surface area contributed by atoms with Crippen LogP contribution in [0.2, 0.25) is 0 Å². The summed E-state index contributed by atoms with van der Waals surface area (Å²) in [7, 11) is 0. The Labute approximate surface area is 106 Å². The van der Waals surface area contributed by atoms with Crippen molar-refractivity contribution in [2.45, 2.75) is 39.2 Å². The minimum absolute atomic E-state index is 0.00635. The summed E-state index contributed by atoms with van der Waals surface area (Å²) >= 11 is 0. The molecular weight excluding hydrogens is 236 g/mol. The maximum atomic E-state index is 11.7. The Bertz CT molecular complexity index is 339. The molecule has 1 saturated heterocycles. The monoisotopic (exact) mass is 256 g/mol. The third kappa shape index (κ3) is 3.72. The van der Waals surface area contributed by atoms with Gasteiger partial charge in [0.05, 0.1) is 12.5 Å². The summed E-state index contributed by atoms with van der Waals surface area (Å²) < 4.78 is 0. The lowest BCUT2D eigenvalue weighted by atomic mass is 10.1. The zero-order valence-corrected chi connectivity index (χ0v) is 10.8. The summed E-state index contributed by atoms with van der Waals surface area (Å²) in [5.41, 5.74) is 0. The third-order valence-corrected chi connectivity index (χ3v) is 3.25. The van der Waals surface area contributed by atoms with Gasteiger partial charge in [0.25, 0.3) is 0 Å². The number of hydrogen-bond donors (Lipinski definition) is 2. The Kier molecular flexibility index (Phi) is 5.12. The summed E-state index contributed by atoms with van der Waals surface area (Å²) in [4.78, 5) is 35.3. The molecule has 102 valence electrons. The van der Waals surface area contributed by atoms with Crippen LogP contribution in [0.15, 0.2) is 0 Å². The van der Waals surface area contributed by atoms with Crippen LogP contribution >= 0.6 is 0 Å². The molecule has 0 aromatic heterocycles. The van der Waals surface area contributed by atoms with E-state index in [1.165, 1.54) is 4.90 Å². The smallest absolute Gasteiger partial charge is 0.308 e. The zero-order chi connectivity index (χ0) is 13.7. The molecule has 0 spiro atoms. The third-order valence-electron chi connectivity index (χ3n) is 3.25. The Morgan fingerprint density at radius 1 is 1.44 bits per heavy atom. The van der Waals surface area contributed by atoms with Crippen LogP contribution in [0.25, 0.3) is 0 Å². The van der Waals surface area contributed by atoms with Gasteiger partial charge in [-0.1, -0.05) is 13.8 Å². The summed E-state index contributed by atoms with van der Waals surface area (Å²) in [6.07, 6.45) is 1.68. The van der Waals surface area contributed by atoms with Gasteiger partial charge in [0.15, 0.2) is 0 Å². The molecule has 6 nitrogen and oxygen atoms in total. The molecule has 1 atom stereocenters. The number of carboxylic acid groups (broad SMARTS) is 1. The van der Waals surface area contributed by atoms with Gasteiger partial charge < -0.3 is 15.3 Å². The minimum Gasteiger partial charge on any atom is -0.481 e. The first kappa shape index (κ1) is 14.5. The Morgan fingerprint density at radius 3 is 2.50 bits per heavy atom. The topological polar surface area (TPSA) is 86.7 Å². The SMILES string of the molecule is CCC(CC)NC(=O)CN1CC(C(=O)O)CC1=O. The van der Waals surface area contributed by atoms with Crippen LogP contribution < -0.4 is 5.32 Å². The first-order valence-electron chi connectivity index (χ1n) is 6.27. The van der Waals surface area contributed by atoms with Crippen LogP contribution in [0.5, 0.6) is 0 Å². The van der Waals surface area contributed by atoms with Crippen molar-refractivity contribution in [2.75, 3.05) is 13.1 Å². The van der Waals surface area contributed by atoms with E-state index in [2.05, 4.69) is 5.32 Å². The molecule has 6 heteroatoms. The molecule has 1 heterocycles. The van der Waals surface area contributed by atoms with Crippen molar-refractivity contribution in [1.29, 1.82) is 0 Å². The van der Waals surface area contributed by atoms with Gasteiger partial charge in [-0.25, -0.2) is 0 Å². The number of carboxylic acids is 1. The number of carbonyl (C=O) groups excluding carboxylic acids is 2. The van der Waals surface area contributed by atoms with Gasteiger partial charge in [-0.05, 0) is 12.8 Å². The van der Waals surface area contributed by atoms with Gasteiger partial charge in [-0.2, -0.15) is 0 Å². The standard InChI is InChI=1S/C12H20N2O4/c1-3-9(4-2)13-10(15)7-14-6-8(12(17)18)5-11(14)16/h8-9H,3-7H2,1-2H3,(H,13,15)(H,17,18). The molecule has 0 saturated carbocycles. The molecule has 0 aromatic carbocycles. The van der Waals surface area contributed by atoms with E-state index in [1.807, 2.05) is 13.8 Å². The second-order valence-corrected chi connectivity index (χ2v) is 4.59. The average Bonchev–Trinajstić information content (AvgIpc) is 2.68. The molecular formula is C12H20N2O4. The number of likely N-dealkylation sites (tertiary alicyclic amines) is 1. The van der Waals surface area contributed by atoms with E-state index in [0.29, 0.717) is 0 Å². The van der Waals surface area contributed by atoms with E-state index in [1.54, 1.807) is 0 Å². The lowest BCUT2D eigenvalue weighted by molar-refractivity contribution is -0.141. The molecule has 1 unspecified atom stereocenters. The van der Waals surface area contributed by atoms with Gasteiger partial charge in [0, 0.05) is 19.0 Å². The van der Waals surface area contributed by atoms with Crippen LogP contribution in [-0.2, 0) is 14.4 Å². The lowest BCUT2D eigenvalue weighted by Gasteiger charge is -2.19. The van der Waals surface area contributed by atoms with Crippen molar-refractivity contribution in [1.82, 2.24) is 10.2 Å². The van der Waals surface area contributed by atoms with Crippen molar-refractivity contribution in [2.24, 2.45) is 5.92 Å². The molecule has 1 aliphatic rings. The molecule has 1 rings (SSSR count). The molecule has 0 radical (unpaired) electrons. The van der Waals surface area contributed by atoms with Crippen molar-refractivity contribution >= 4 is 17.8 Å². The minimum atomic E-state index is -0.980. The number of aliphatic carboxylic acids is 1. The second kappa shape index (κ2) is 6.37. The van der Waals surface area contributed by atoms with Crippen LogP contribution in [0, 0.1) is 5.92 Å². The number of nitrogens with one attached hydrogen (secondary N) is 1. The first-order valence-corrected chi connectivity index (χ1v) is 6.27. The van der Waals surface area contributed by atoms with E-state index in [4.69, 9.17) is 5.11 Å². The van der Waals surface area contributed by atoms with E-state index in [9.17, 15) is 14.4 Å². The average molecular weight is 256 g/mol. The first-order chi connectivity index (χ1) is 8.47. The second-order valence-electron chi connectivity index (χ2n) is 4.59. The fraction of sp³-hybridized carbons (Fsp3) is 0.750. The van der Waals surface area contributed by atoms with Gasteiger partial charge in [0.1, 0.15) is 0 Å². The van der Waals surface area contributed by atoms with Gasteiger partial charge >= 0.3 is 5.97 Å². The molecule has 1 aliphatic heterocycles. The molecule has 18 heavy (non-hydrogen) atoms. The van der Waals surface area contributed by atoms with Crippen molar-refractivity contribution in [3.8, 4) is 0 Å². The molecule has 0 aliphatic carbocycles. The molecule has 1 fully saturated rings. The van der Waals surface area contributed by atoms with Crippen molar-refractivity contribution in [3.63, 3.8) is 0 Å². The van der Waals surface area contributed by atoms with E-state index in [-0.39, 0.29) is 37.4 Å². The maximum Gasteiger partial charge on any atom is 0.308 e. The fourth-order valence-corrected chi connectivity index (χ4v) is 2.03. The van der Waals surface area contributed by atoms with E-state index < -0.39 is 11.9 Å². The molecule has 2 N–H and O–H groups in total. The Morgan fingerprint density at radius 2 is 2.06 bits per heavy atom. The van der Waals surface area contributed by atoms with E-state index >= 15 is 0 Å². The lowest BCUT2D eigenvalue weighted by Crippen LogP contribution is -2.42. The largest absolute Gasteiger partial charge is 0.481 e. The van der Waals surface area contributed by atoms with Crippen LogP contribution in [0.4, 0.5) is 0 Å². The number of amides is 2. The summed E-state index contributed by atoms with van der Waals surface area (Å²) in [6, 6.07) is 0.116. The zero-order valence-electron chi connectivity index (χ0n) is 10.8. The number of carbonyl (C=O) groups is 3. The predicted molar refractivity (Wildman–Crippen MR) is 64.8 cm³/mol. The van der Waals surface area contributed by atoms with Crippen LogP contribution in [0.1, 0.15) is 33.1 Å². The highest BCUT2D eigenvalue weighted by Crippen LogP contribution is 2.17. The maximum absolute atomic E-state index is 11.7. The highest BCUT2D eigenvalue weighted by Gasteiger charge is 2.35. The molecule has 0 bridgehead atoms. The summed E-state index contributed by atoms with van der Waals surface area (Å²) in [5.74, 6) is -2.14. The summed E-state index contributed by atoms with van der Waals surface area (Å²) in [5, 5.41) is 11.7. The number of nitrogens with zero attached hydrogens (tertiary/aromatic N) is 1. The van der Waals surface area contributed by atoms with Gasteiger partial charge in [0.2, 0.25) is 11.8 Å². The Balaban J connectivity index is 2.45. The van der Waals surface area contributed by atoms with Gasteiger partial charge in [-0.15, -0.1) is 0 Å². The highest BCUT2D eigenvalue weighted by molar-refractivity contribution is 5.89. The molecule has 0 aromatic rings. The highest BCUT2D eigenvalue weighted by atomic mass is 16.4. The van der Waals surface area contributed by atoms with Crippen LogP contribution in [-0.4, -0.2) is 46.9 Å². The fourth-order valence-electron chi connectivity index (χ4n) is 2.03. The predicted octanol–water partition coefficient (Wildman–Crippen LogP) is 0.224. The normalized spacial score (nSPS) is 19.4. The van der Waals surface area contributed by atoms with Gasteiger partial charge in [-0.3, -0.25) is 14.4 Å². The summed E-state index contributed by atoms with van der Waals surface area (Å²) in [6.45, 7) is 4.05. The molecule has 2 amide bonds. The number of rotatable bonds is 6.